The van der Waals surface area contributed by atoms with Gasteiger partial charge in [0.2, 0.25) is 5.91 Å². The van der Waals surface area contributed by atoms with Crippen molar-refractivity contribution in [2.45, 2.75) is 32.4 Å². The predicted molar refractivity (Wildman–Crippen MR) is 136 cm³/mol. The second kappa shape index (κ2) is 11.5. The maximum absolute atomic E-state index is 13.2. The molecule has 0 bridgehead atoms. The van der Waals surface area contributed by atoms with Crippen LogP contribution in [-0.4, -0.2) is 51.9 Å². The number of carbonyl (C=O) groups excluding carboxylic acids is 1. The highest BCUT2D eigenvalue weighted by Crippen LogP contribution is 2.22. The van der Waals surface area contributed by atoms with Crippen molar-refractivity contribution in [1.29, 1.82) is 5.26 Å². The highest BCUT2D eigenvalue weighted by atomic mass is 79.9. The Morgan fingerprint density at radius 1 is 1.21 bits per heavy atom. The molecule has 1 aliphatic heterocycles. The molecule has 2 heterocycles. The lowest BCUT2D eigenvalue weighted by Crippen LogP contribution is -2.43. The molecule has 0 unspecified atom stereocenters. The molecule has 2 aromatic carbocycles. The lowest BCUT2D eigenvalue weighted by atomic mass is 9.96. The van der Waals surface area contributed by atoms with Crippen LogP contribution in [0.3, 0.4) is 0 Å². The molecular formula is C27H30BrN5O. The van der Waals surface area contributed by atoms with Crippen LogP contribution in [-0.2, 0) is 24.3 Å². The minimum atomic E-state index is 0.0504. The van der Waals surface area contributed by atoms with Crippen LogP contribution in [0.5, 0.6) is 0 Å². The molecule has 0 radical (unpaired) electrons. The van der Waals surface area contributed by atoms with E-state index in [1.54, 1.807) is 0 Å². The monoisotopic (exact) mass is 519 g/mol. The third-order valence-electron chi connectivity index (χ3n) is 6.46. The second-order valence-electron chi connectivity index (χ2n) is 9.04. The zero-order valence-electron chi connectivity index (χ0n) is 19.5. The number of hydrogen-bond donors (Lipinski definition) is 0. The first-order valence-electron chi connectivity index (χ1n) is 11.7. The van der Waals surface area contributed by atoms with E-state index in [9.17, 15) is 4.79 Å². The van der Waals surface area contributed by atoms with Crippen molar-refractivity contribution in [3.05, 3.63) is 87.9 Å². The van der Waals surface area contributed by atoms with Crippen LogP contribution in [0.2, 0.25) is 0 Å². The van der Waals surface area contributed by atoms with Crippen molar-refractivity contribution in [2.24, 2.45) is 5.92 Å². The van der Waals surface area contributed by atoms with E-state index >= 15 is 0 Å². The van der Waals surface area contributed by atoms with Gasteiger partial charge in [0, 0.05) is 56.0 Å². The molecule has 0 saturated carbocycles. The molecular weight excluding hydrogens is 490 g/mol. The summed E-state index contributed by atoms with van der Waals surface area (Å²) in [6, 6.07) is 18.2. The minimum absolute atomic E-state index is 0.0504. The predicted octanol–water partition coefficient (Wildman–Crippen LogP) is 4.48. The SMILES string of the molecule is CN(CCc1cncn1Cc1ccc(C#N)cc1)C(=O)[C@H]1CCCN(Cc2cccc(Br)c2)C1. The van der Waals surface area contributed by atoms with E-state index in [0.717, 1.165) is 54.6 Å². The number of amides is 1. The van der Waals surface area contributed by atoms with E-state index in [2.05, 4.69) is 54.6 Å². The van der Waals surface area contributed by atoms with Crippen LogP contribution in [0.4, 0.5) is 0 Å². The summed E-state index contributed by atoms with van der Waals surface area (Å²) in [5, 5.41) is 8.98. The van der Waals surface area contributed by atoms with Crippen molar-refractivity contribution < 1.29 is 4.79 Å². The van der Waals surface area contributed by atoms with Gasteiger partial charge >= 0.3 is 0 Å². The van der Waals surface area contributed by atoms with E-state index < -0.39 is 0 Å². The van der Waals surface area contributed by atoms with Gasteiger partial charge in [0.15, 0.2) is 0 Å². The molecule has 0 aliphatic carbocycles. The Kier molecular flexibility index (Phi) is 8.15. The maximum Gasteiger partial charge on any atom is 0.226 e. The van der Waals surface area contributed by atoms with Gasteiger partial charge in [0.1, 0.15) is 0 Å². The number of halogens is 1. The fourth-order valence-corrected chi connectivity index (χ4v) is 5.03. The zero-order valence-corrected chi connectivity index (χ0v) is 21.1. The number of aromatic nitrogens is 2. The molecule has 4 rings (SSSR count). The molecule has 34 heavy (non-hydrogen) atoms. The van der Waals surface area contributed by atoms with Crippen molar-refractivity contribution in [1.82, 2.24) is 19.4 Å². The largest absolute Gasteiger partial charge is 0.345 e. The van der Waals surface area contributed by atoms with E-state index in [0.29, 0.717) is 18.7 Å². The quantitative estimate of drug-likeness (QED) is 0.440. The molecule has 1 fully saturated rings. The topological polar surface area (TPSA) is 65.2 Å². The molecule has 3 aromatic rings. The Morgan fingerprint density at radius 3 is 2.79 bits per heavy atom. The Hall–Kier alpha value is -2.95. The molecule has 0 N–H and O–H groups in total. The molecule has 7 heteroatoms. The van der Waals surface area contributed by atoms with Gasteiger partial charge in [0.05, 0.1) is 23.9 Å². The Labute approximate surface area is 209 Å². The molecule has 6 nitrogen and oxygen atoms in total. The summed E-state index contributed by atoms with van der Waals surface area (Å²) in [6.45, 7) is 4.09. The number of hydrogen-bond acceptors (Lipinski definition) is 4. The van der Waals surface area contributed by atoms with Crippen LogP contribution in [0, 0.1) is 17.2 Å². The average molecular weight is 520 g/mol. The molecule has 1 aromatic heterocycles. The van der Waals surface area contributed by atoms with Crippen LogP contribution < -0.4 is 0 Å². The molecule has 1 aliphatic rings. The fourth-order valence-electron chi connectivity index (χ4n) is 4.58. The summed E-state index contributed by atoms with van der Waals surface area (Å²) >= 11 is 3.55. The first-order valence-corrected chi connectivity index (χ1v) is 12.5. The third-order valence-corrected chi connectivity index (χ3v) is 6.96. The lowest BCUT2D eigenvalue weighted by molar-refractivity contribution is -0.136. The maximum atomic E-state index is 13.2. The van der Waals surface area contributed by atoms with Gasteiger partial charge in [-0.1, -0.05) is 40.2 Å². The number of likely N-dealkylation sites (N-methyl/N-ethyl adjacent to an activating group) is 1. The minimum Gasteiger partial charge on any atom is -0.345 e. The number of nitriles is 1. The summed E-state index contributed by atoms with van der Waals surface area (Å²) in [5.41, 5.74) is 4.15. The standard InChI is InChI=1S/C27H30BrN5O/c1-31(13-11-26-16-30-20-33(26)18-22-9-7-21(15-29)8-10-22)27(34)24-5-3-12-32(19-24)17-23-4-2-6-25(28)14-23/h2,4,6-10,14,16,20,24H,3,5,11-13,17-19H2,1H3/t24-/m0/s1. The number of likely N-dealkylation sites (tertiary alicyclic amines) is 1. The van der Waals surface area contributed by atoms with Crippen molar-refractivity contribution in [2.75, 3.05) is 26.7 Å². The Balaban J connectivity index is 1.30. The smallest absolute Gasteiger partial charge is 0.226 e. The lowest BCUT2D eigenvalue weighted by Gasteiger charge is -2.34. The molecule has 1 saturated heterocycles. The summed E-state index contributed by atoms with van der Waals surface area (Å²) in [5.74, 6) is 0.284. The summed E-state index contributed by atoms with van der Waals surface area (Å²) < 4.78 is 3.20. The normalized spacial score (nSPS) is 16.2. The van der Waals surface area contributed by atoms with Crippen LogP contribution in [0.25, 0.3) is 0 Å². The molecule has 0 spiro atoms. The van der Waals surface area contributed by atoms with Gasteiger partial charge in [-0.15, -0.1) is 0 Å². The first-order chi connectivity index (χ1) is 16.5. The summed E-state index contributed by atoms with van der Waals surface area (Å²) in [7, 11) is 1.91. The van der Waals surface area contributed by atoms with E-state index in [1.165, 1.54) is 5.56 Å². The van der Waals surface area contributed by atoms with Gasteiger partial charge in [0.25, 0.3) is 0 Å². The third kappa shape index (κ3) is 6.34. The number of nitrogens with zero attached hydrogens (tertiary/aromatic N) is 5. The summed E-state index contributed by atoms with van der Waals surface area (Å²) in [4.78, 5) is 21.8. The zero-order chi connectivity index (χ0) is 23.9. The fraction of sp³-hybridized carbons (Fsp3) is 0.370. The first kappa shape index (κ1) is 24.2. The number of imidazole rings is 1. The molecule has 1 atom stereocenters. The number of benzene rings is 2. The van der Waals surface area contributed by atoms with Crippen LogP contribution in [0.15, 0.2) is 65.5 Å². The van der Waals surface area contributed by atoms with Gasteiger partial charge in [-0.2, -0.15) is 5.26 Å². The molecule has 176 valence electrons. The van der Waals surface area contributed by atoms with Crippen LogP contribution in [0.1, 0.15) is 35.2 Å². The van der Waals surface area contributed by atoms with Crippen molar-refractivity contribution in [3.8, 4) is 6.07 Å². The van der Waals surface area contributed by atoms with Gasteiger partial charge < -0.3 is 9.47 Å². The van der Waals surface area contributed by atoms with Gasteiger partial charge in [-0.3, -0.25) is 9.69 Å². The van der Waals surface area contributed by atoms with E-state index in [1.807, 2.05) is 54.8 Å². The van der Waals surface area contributed by atoms with Crippen molar-refractivity contribution >= 4 is 21.8 Å². The van der Waals surface area contributed by atoms with Gasteiger partial charge in [-0.25, -0.2) is 4.98 Å². The highest BCUT2D eigenvalue weighted by molar-refractivity contribution is 9.10. The van der Waals surface area contributed by atoms with Gasteiger partial charge in [-0.05, 0) is 54.8 Å². The molecule has 1 amide bonds. The van der Waals surface area contributed by atoms with Crippen molar-refractivity contribution in [3.63, 3.8) is 0 Å². The Morgan fingerprint density at radius 2 is 2.03 bits per heavy atom. The highest BCUT2D eigenvalue weighted by Gasteiger charge is 2.28. The Bertz CT molecular complexity index is 1150. The number of carbonyl (C=O) groups is 1. The van der Waals surface area contributed by atoms with E-state index in [4.69, 9.17) is 5.26 Å². The number of piperidine rings is 1. The summed E-state index contributed by atoms with van der Waals surface area (Å²) in [6.07, 6.45) is 6.47. The van der Waals surface area contributed by atoms with E-state index in [-0.39, 0.29) is 11.8 Å². The average Bonchev–Trinajstić information content (AvgIpc) is 3.29. The number of rotatable bonds is 8. The van der Waals surface area contributed by atoms with Crippen LogP contribution >= 0.6 is 15.9 Å². The second-order valence-corrected chi connectivity index (χ2v) is 9.95.